The first-order chi connectivity index (χ1) is 13.2. The molecule has 1 aliphatic heterocycles. The van der Waals surface area contributed by atoms with Crippen molar-refractivity contribution in [2.75, 3.05) is 6.61 Å². The number of aromatic nitrogens is 1. The third-order valence-corrected chi connectivity index (χ3v) is 4.46. The molecule has 2 N–H and O–H groups in total. The highest BCUT2D eigenvalue weighted by atomic mass is 16.6. The van der Waals surface area contributed by atoms with E-state index in [1.54, 1.807) is 24.3 Å². The number of hydrogen-bond donors (Lipinski definition) is 2. The summed E-state index contributed by atoms with van der Waals surface area (Å²) in [5, 5.41) is 0.969. The summed E-state index contributed by atoms with van der Waals surface area (Å²) in [6, 6.07) is 16.7. The van der Waals surface area contributed by atoms with Crippen molar-refractivity contribution < 1.29 is 19.1 Å². The predicted molar refractivity (Wildman–Crippen MR) is 99.6 cm³/mol. The molecular formula is C20H19N3O4. The Morgan fingerprint density at radius 2 is 1.81 bits per heavy atom. The van der Waals surface area contributed by atoms with Crippen LogP contribution in [0.15, 0.2) is 54.6 Å². The molecule has 1 aliphatic rings. The summed E-state index contributed by atoms with van der Waals surface area (Å²) in [6.45, 7) is 2.68. The molecule has 27 heavy (non-hydrogen) atoms. The molecular weight excluding hydrogens is 346 g/mol. The molecule has 4 rings (SSSR count). The van der Waals surface area contributed by atoms with E-state index in [-0.39, 0.29) is 6.61 Å². The summed E-state index contributed by atoms with van der Waals surface area (Å²) in [4.78, 5) is 24.9. The minimum absolute atomic E-state index is 0.0773. The molecule has 2 aromatic carbocycles. The molecule has 0 radical (unpaired) electrons. The lowest BCUT2D eigenvalue weighted by molar-refractivity contribution is -0.131. The van der Waals surface area contributed by atoms with Crippen LogP contribution >= 0.6 is 0 Å². The maximum atomic E-state index is 12.6. The first kappa shape index (κ1) is 17.0. The second-order valence-corrected chi connectivity index (χ2v) is 6.14. The lowest BCUT2D eigenvalue weighted by Gasteiger charge is -2.25. The Hall–Kier alpha value is -3.48. The standard InChI is InChI=1S/C20H19N3O4/c1-2-23-14-8-4-3-7-13(14)11-15(23)19(24)21-22-20(25)18-12-26-16-9-5-6-10-17(16)27-18/h3-11,18H,2,12H2,1H3,(H,21,24)(H,22,25). The lowest BCUT2D eigenvalue weighted by atomic mass is 10.2. The number of para-hydroxylation sites is 3. The van der Waals surface area contributed by atoms with Gasteiger partial charge in [0.25, 0.3) is 11.8 Å². The number of carbonyl (C=O) groups is 2. The maximum absolute atomic E-state index is 12.6. The van der Waals surface area contributed by atoms with Crippen LogP contribution in [0.3, 0.4) is 0 Å². The van der Waals surface area contributed by atoms with Crippen LogP contribution in [0, 0.1) is 0 Å². The van der Waals surface area contributed by atoms with Gasteiger partial charge in [0.05, 0.1) is 0 Å². The molecule has 1 atom stereocenters. The van der Waals surface area contributed by atoms with E-state index in [0.717, 1.165) is 10.9 Å². The quantitative estimate of drug-likeness (QED) is 0.698. The van der Waals surface area contributed by atoms with E-state index >= 15 is 0 Å². The molecule has 0 aliphatic carbocycles. The second kappa shape index (κ2) is 7.03. The number of hydrogen-bond acceptors (Lipinski definition) is 4. The van der Waals surface area contributed by atoms with Crippen molar-refractivity contribution in [3.05, 3.63) is 60.3 Å². The van der Waals surface area contributed by atoms with Crippen molar-refractivity contribution in [3.8, 4) is 11.5 Å². The number of ether oxygens (including phenoxy) is 2. The molecule has 7 nitrogen and oxygen atoms in total. The number of aryl methyl sites for hydroxylation is 1. The molecule has 0 spiro atoms. The number of fused-ring (bicyclic) bond motifs is 2. The monoisotopic (exact) mass is 365 g/mol. The fourth-order valence-corrected chi connectivity index (χ4v) is 3.15. The van der Waals surface area contributed by atoms with E-state index in [2.05, 4.69) is 10.9 Å². The Balaban J connectivity index is 1.43. The Bertz CT molecular complexity index is 1010. The minimum atomic E-state index is -0.836. The number of rotatable bonds is 3. The van der Waals surface area contributed by atoms with Crippen LogP contribution in [0.2, 0.25) is 0 Å². The van der Waals surface area contributed by atoms with Crippen molar-refractivity contribution in [1.29, 1.82) is 0 Å². The van der Waals surface area contributed by atoms with Gasteiger partial charge >= 0.3 is 0 Å². The maximum Gasteiger partial charge on any atom is 0.286 e. The fraction of sp³-hybridized carbons (Fsp3) is 0.200. The van der Waals surface area contributed by atoms with Crippen LogP contribution in [0.4, 0.5) is 0 Å². The number of carbonyl (C=O) groups excluding carboxylic acids is 2. The van der Waals surface area contributed by atoms with Gasteiger partial charge in [0.15, 0.2) is 11.5 Å². The first-order valence-corrected chi connectivity index (χ1v) is 8.74. The third-order valence-electron chi connectivity index (χ3n) is 4.46. The Morgan fingerprint density at radius 1 is 1.07 bits per heavy atom. The van der Waals surface area contributed by atoms with Crippen LogP contribution in [0.25, 0.3) is 10.9 Å². The number of nitrogens with one attached hydrogen (secondary N) is 2. The normalized spacial score (nSPS) is 15.4. The van der Waals surface area contributed by atoms with Gasteiger partial charge in [-0.05, 0) is 31.2 Å². The zero-order valence-electron chi connectivity index (χ0n) is 14.8. The first-order valence-electron chi connectivity index (χ1n) is 8.74. The summed E-state index contributed by atoms with van der Waals surface area (Å²) in [5.41, 5.74) is 6.33. The Morgan fingerprint density at radius 3 is 2.63 bits per heavy atom. The zero-order valence-corrected chi connectivity index (χ0v) is 14.8. The predicted octanol–water partition coefficient (Wildman–Crippen LogP) is 2.26. The van der Waals surface area contributed by atoms with Gasteiger partial charge < -0.3 is 14.0 Å². The Labute approximate surface area is 155 Å². The van der Waals surface area contributed by atoms with E-state index in [9.17, 15) is 9.59 Å². The highest BCUT2D eigenvalue weighted by molar-refractivity contribution is 5.99. The number of amides is 2. The number of benzene rings is 2. The molecule has 0 saturated heterocycles. The second-order valence-electron chi connectivity index (χ2n) is 6.14. The summed E-state index contributed by atoms with van der Waals surface area (Å²) in [5.74, 6) is 0.231. The summed E-state index contributed by atoms with van der Waals surface area (Å²) in [7, 11) is 0. The molecule has 7 heteroatoms. The molecule has 2 amide bonds. The van der Waals surface area contributed by atoms with E-state index in [0.29, 0.717) is 23.7 Å². The topological polar surface area (TPSA) is 81.6 Å². The average Bonchev–Trinajstić information content (AvgIpc) is 3.10. The molecule has 3 aromatic rings. The van der Waals surface area contributed by atoms with Gasteiger partial charge in [0.1, 0.15) is 12.3 Å². The molecule has 0 bridgehead atoms. The molecule has 2 heterocycles. The largest absolute Gasteiger partial charge is 0.485 e. The van der Waals surface area contributed by atoms with Gasteiger partial charge in [-0.2, -0.15) is 0 Å². The van der Waals surface area contributed by atoms with Gasteiger partial charge in [-0.1, -0.05) is 30.3 Å². The van der Waals surface area contributed by atoms with Crippen molar-refractivity contribution in [1.82, 2.24) is 15.4 Å². The Kier molecular flexibility index (Phi) is 4.42. The average molecular weight is 365 g/mol. The van der Waals surface area contributed by atoms with Crippen molar-refractivity contribution >= 4 is 22.7 Å². The molecule has 138 valence electrons. The van der Waals surface area contributed by atoms with Crippen LogP contribution in [-0.2, 0) is 11.3 Å². The van der Waals surface area contributed by atoms with Crippen molar-refractivity contribution in [2.45, 2.75) is 19.6 Å². The van der Waals surface area contributed by atoms with Crippen LogP contribution in [0.1, 0.15) is 17.4 Å². The third kappa shape index (κ3) is 3.19. The summed E-state index contributed by atoms with van der Waals surface area (Å²) < 4.78 is 13.0. The van der Waals surface area contributed by atoms with Gasteiger partial charge in [0.2, 0.25) is 6.10 Å². The number of hydrazine groups is 1. The molecule has 0 fully saturated rings. The van der Waals surface area contributed by atoms with Crippen molar-refractivity contribution in [2.24, 2.45) is 0 Å². The van der Waals surface area contributed by atoms with Crippen LogP contribution in [-0.4, -0.2) is 29.1 Å². The van der Waals surface area contributed by atoms with E-state index in [4.69, 9.17) is 9.47 Å². The molecule has 1 aromatic heterocycles. The SMILES string of the molecule is CCn1c(C(=O)NNC(=O)C2COc3ccccc3O2)cc2ccccc21. The van der Waals surface area contributed by atoms with E-state index < -0.39 is 17.9 Å². The van der Waals surface area contributed by atoms with E-state index in [1.807, 2.05) is 41.8 Å². The number of nitrogens with zero attached hydrogens (tertiary/aromatic N) is 1. The lowest BCUT2D eigenvalue weighted by Crippen LogP contribution is -2.51. The fourth-order valence-electron chi connectivity index (χ4n) is 3.15. The van der Waals surface area contributed by atoms with Gasteiger partial charge in [-0.15, -0.1) is 0 Å². The van der Waals surface area contributed by atoms with Gasteiger partial charge in [-0.25, -0.2) is 0 Å². The van der Waals surface area contributed by atoms with E-state index in [1.165, 1.54) is 0 Å². The minimum Gasteiger partial charge on any atom is -0.485 e. The van der Waals surface area contributed by atoms with Gasteiger partial charge in [-0.3, -0.25) is 20.4 Å². The molecule has 1 unspecified atom stereocenters. The van der Waals surface area contributed by atoms with Gasteiger partial charge in [0, 0.05) is 17.4 Å². The van der Waals surface area contributed by atoms with Crippen LogP contribution in [0.5, 0.6) is 11.5 Å². The smallest absolute Gasteiger partial charge is 0.286 e. The summed E-state index contributed by atoms with van der Waals surface area (Å²) >= 11 is 0. The highest BCUT2D eigenvalue weighted by Crippen LogP contribution is 2.30. The van der Waals surface area contributed by atoms with Crippen LogP contribution < -0.4 is 20.3 Å². The molecule has 0 saturated carbocycles. The zero-order chi connectivity index (χ0) is 18.8. The van der Waals surface area contributed by atoms with Crippen molar-refractivity contribution in [3.63, 3.8) is 0 Å². The highest BCUT2D eigenvalue weighted by Gasteiger charge is 2.27. The summed E-state index contributed by atoms with van der Waals surface area (Å²) in [6.07, 6.45) is -0.836.